The van der Waals surface area contributed by atoms with Gasteiger partial charge in [-0.2, -0.15) is 0 Å². The van der Waals surface area contributed by atoms with E-state index >= 15 is 0 Å². The summed E-state index contributed by atoms with van der Waals surface area (Å²) in [6.45, 7) is 0. The number of benzene rings is 11. The Balaban J connectivity index is 1.03. The van der Waals surface area contributed by atoms with Crippen molar-refractivity contribution in [3.8, 4) is 44.5 Å². The molecule has 0 saturated carbocycles. The van der Waals surface area contributed by atoms with Crippen LogP contribution in [0, 0.1) is 0 Å². The van der Waals surface area contributed by atoms with Crippen LogP contribution in [-0.2, 0) is 5.41 Å². The van der Waals surface area contributed by atoms with Crippen LogP contribution < -0.4 is 9.80 Å². The second kappa shape index (κ2) is 16.0. The van der Waals surface area contributed by atoms with Crippen molar-refractivity contribution in [1.82, 2.24) is 0 Å². The summed E-state index contributed by atoms with van der Waals surface area (Å²) >= 11 is 0. The minimum absolute atomic E-state index is 0.610. The second-order valence-electron chi connectivity index (χ2n) is 18.3. The van der Waals surface area contributed by atoms with Gasteiger partial charge in [-0.3, -0.25) is 0 Å². The average Bonchev–Trinajstić information content (AvgIpc) is 3.97. The standard InChI is InChI=1S/C67H44N2O/c1-3-21-45(22-4-1)49-25-7-8-26-51(49)52-27-10-15-35-59(52)68(48-43-41-46(42-44-48)50-30-19-40-64-65(50)54-29-11-18-39-63(54)70-64)62-38-20-34-58-66(62)53-28-9-12-31-55(53)67(58)56-32-13-16-36-60(56)69(47-23-5-2-6-24-47)61-37-17-14-33-57(61)67/h1-44H. The zero-order valence-electron chi connectivity index (χ0n) is 38.2. The molecule has 3 nitrogen and oxygen atoms in total. The first-order valence-corrected chi connectivity index (χ1v) is 24.1. The summed E-state index contributed by atoms with van der Waals surface area (Å²) in [5.41, 5.74) is 22.4. The Bertz CT molecular complexity index is 3920. The van der Waals surface area contributed by atoms with E-state index in [4.69, 9.17) is 4.42 Å². The minimum atomic E-state index is -0.610. The van der Waals surface area contributed by atoms with Crippen LogP contribution in [0.2, 0.25) is 0 Å². The van der Waals surface area contributed by atoms with Gasteiger partial charge in [-0.15, -0.1) is 0 Å². The van der Waals surface area contributed by atoms with Gasteiger partial charge in [0.2, 0.25) is 0 Å². The van der Waals surface area contributed by atoms with Gasteiger partial charge in [0.15, 0.2) is 0 Å². The molecule has 0 unspecified atom stereocenters. The molecule has 1 aliphatic heterocycles. The highest BCUT2D eigenvalue weighted by molar-refractivity contribution is 6.12. The van der Waals surface area contributed by atoms with Gasteiger partial charge in [0.05, 0.1) is 28.2 Å². The van der Waals surface area contributed by atoms with Crippen LogP contribution >= 0.6 is 0 Å². The van der Waals surface area contributed by atoms with Crippen LogP contribution in [0.3, 0.4) is 0 Å². The molecule has 0 atom stereocenters. The maximum Gasteiger partial charge on any atom is 0.136 e. The Hall–Kier alpha value is -9.18. The Labute approximate surface area is 407 Å². The molecule has 0 bridgehead atoms. The quantitative estimate of drug-likeness (QED) is 0.159. The zero-order chi connectivity index (χ0) is 46.2. The van der Waals surface area contributed by atoms with Crippen molar-refractivity contribution in [3.63, 3.8) is 0 Å². The number of hydrogen-bond acceptors (Lipinski definition) is 3. The lowest BCUT2D eigenvalue weighted by Crippen LogP contribution is -2.36. The van der Waals surface area contributed by atoms with E-state index in [-0.39, 0.29) is 0 Å². The zero-order valence-corrected chi connectivity index (χ0v) is 38.2. The molecular weight excluding hydrogens is 849 g/mol. The number of para-hydroxylation sites is 5. The van der Waals surface area contributed by atoms with Gasteiger partial charge in [-0.25, -0.2) is 0 Å². The number of nitrogens with zero attached hydrogens (tertiary/aromatic N) is 2. The maximum absolute atomic E-state index is 6.37. The maximum atomic E-state index is 6.37. The molecule has 0 N–H and O–H groups in total. The molecular formula is C67H44N2O. The Morgan fingerprint density at radius 1 is 0.329 bits per heavy atom. The van der Waals surface area contributed by atoms with Gasteiger partial charge in [0, 0.05) is 33.3 Å². The highest BCUT2D eigenvalue weighted by Gasteiger charge is 2.52. The first kappa shape index (κ1) is 39.9. The summed E-state index contributed by atoms with van der Waals surface area (Å²) in [6.07, 6.45) is 0. The molecule has 0 saturated heterocycles. The van der Waals surface area contributed by atoms with E-state index in [0.29, 0.717) is 0 Å². The summed E-state index contributed by atoms with van der Waals surface area (Å²) in [6, 6.07) is 97.4. The molecule has 3 heteroatoms. The fourth-order valence-electron chi connectivity index (χ4n) is 11.9. The third-order valence-corrected chi connectivity index (χ3v) is 14.7. The predicted octanol–water partition coefficient (Wildman–Crippen LogP) is 18.2. The highest BCUT2D eigenvalue weighted by atomic mass is 16.3. The molecule has 70 heavy (non-hydrogen) atoms. The van der Waals surface area contributed by atoms with Gasteiger partial charge in [-0.1, -0.05) is 206 Å². The Morgan fingerprint density at radius 2 is 0.843 bits per heavy atom. The lowest BCUT2D eigenvalue weighted by molar-refractivity contribution is 0.669. The Morgan fingerprint density at radius 3 is 1.60 bits per heavy atom. The largest absolute Gasteiger partial charge is 0.456 e. The van der Waals surface area contributed by atoms with E-state index in [0.717, 1.165) is 61.4 Å². The molecule has 1 spiro atoms. The van der Waals surface area contributed by atoms with E-state index in [1.165, 1.54) is 61.4 Å². The van der Waals surface area contributed by atoms with Crippen LogP contribution in [0.15, 0.2) is 271 Å². The normalized spacial score (nSPS) is 12.9. The molecule has 0 amide bonds. The Kier molecular flexibility index (Phi) is 9.11. The fraction of sp³-hybridized carbons (Fsp3) is 0.0149. The number of fused-ring (bicyclic) bond motifs is 12. The monoisotopic (exact) mass is 892 g/mol. The number of rotatable bonds is 7. The summed E-state index contributed by atoms with van der Waals surface area (Å²) in [4.78, 5) is 4.96. The summed E-state index contributed by atoms with van der Waals surface area (Å²) < 4.78 is 6.37. The molecule has 2 aliphatic rings. The third kappa shape index (κ3) is 5.88. The molecule has 1 aromatic heterocycles. The van der Waals surface area contributed by atoms with E-state index in [1.54, 1.807) is 0 Å². The van der Waals surface area contributed by atoms with Crippen molar-refractivity contribution in [3.05, 3.63) is 289 Å². The number of furan rings is 1. The van der Waals surface area contributed by atoms with E-state index < -0.39 is 5.41 Å². The molecule has 11 aromatic carbocycles. The van der Waals surface area contributed by atoms with E-state index in [2.05, 4.69) is 271 Å². The molecule has 14 rings (SSSR count). The van der Waals surface area contributed by atoms with Crippen molar-refractivity contribution >= 4 is 56.1 Å². The number of anilines is 6. The predicted molar refractivity (Wildman–Crippen MR) is 290 cm³/mol. The van der Waals surface area contributed by atoms with Gasteiger partial charge in [0.1, 0.15) is 11.2 Å². The van der Waals surface area contributed by atoms with Crippen LogP contribution in [0.25, 0.3) is 66.4 Å². The molecule has 1 aliphatic carbocycles. The van der Waals surface area contributed by atoms with Crippen molar-refractivity contribution in [1.29, 1.82) is 0 Å². The van der Waals surface area contributed by atoms with Crippen molar-refractivity contribution in [2.45, 2.75) is 5.41 Å². The van der Waals surface area contributed by atoms with Gasteiger partial charge >= 0.3 is 0 Å². The highest BCUT2D eigenvalue weighted by Crippen LogP contribution is 2.65. The first-order valence-electron chi connectivity index (χ1n) is 24.1. The molecule has 2 heterocycles. The van der Waals surface area contributed by atoms with Crippen LogP contribution in [-0.4, -0.2) is 0 Å². The molecule has 12 aromatic rings. The lowest BCUT2D eigenvalue weighted by atomic mass is 9.64. The van der Waals surface area contributed by atoms with E-state index in [1.807, 2.05) is 6.07 Å². The van der Waals surface area contributed by atoms with Gasteiger partial charge in [-0.05, 0) is 116 Å². The van der Waals surface area contributed by atoms with Crippen LogP contribution in [0.4, 0.5) is 34.1 Å². The SMILES string of the molecule is c1ccc(-c2ccccc2-c2ccccc2N(c2ccc(-c3cccc4oc5ccccc5c34)cc2)c2cccc3c2-c2ccccc2C32c3ccccc3N(c3ccccc3)c3ccccc32)cc1. The van der Waals surface area contributed by atoms with Gasteiger partial charge < -0.3 is 14.2 Å². The van der Waals surface area contributed by atoms with Crippen molar-refractivity contribution < 1.29 is 4.42 Å². The molecule has 0 radical (unpaired) electrons. The lowest BCUT2D eigenvalue weighted by Gasteiger charge is -2.45. The minimum Gasteiger partial charge on any atom is -0.456 e. The van der Waals surface area contributed by atoms with E-state index in [9.17, 15) is 0 Å². The molecule has 328 valence electrons. The van der Waals surface area contributed by atoms with Crippen LogP contribution in [0.1, 0.15) is 22.3 Å². The van der Waals surface area contributed by atoms with Crippen molar-refractivity contribution in [2.75, 3.05) is 9.80 Å². The molecule has 0 fully saturated rings. The first-order chi connectivity index (χ1) is 34.8. The van der Waals surface area contributed by atoms with Crippen LogP contribution in [0.5, 0.6) is 0 Å². The van der Waals surface area contributed by atoms with Crippen molar-refractivity contribution in [2.24, 2.45) is 0 Å². The topological polar surface area (TPSA) is 19.6 Å². The smallest absolute Gasteiger partial charge is 0.136 e. The second-order valence-corrected chi connectivity index (χ2v) is 18.3. The number of hydrogen-bond donors (Lipinski definition) is 0. The van der Waals surface area contributed by atoms with Gasteiger partial charge in [0.25, 0.3) is 0 Å². The summed E-state index contributed by atoms with van der Waals surface area (Å²) in [7, 11) is 0. The third-order valence-electron chi connectivity index (χ3n) is 14.7. The fourth-order valence-corrected chi connectivity index (χ4v) is 11.9. The summed E-state index contributed by atoms with van der Waals surface area (Å²) in [5.74, 6) is 0. The summed E-state index contributed by atoms with van der Waals surface area (Å²) in [5, 5.41) is 2.25. The average molecular weight is 893 g/mol.